The number of nitrogens with one attached hydrogen (secondary N) is 1. The van der Waals surface area contributed by atoms with Crippen LogP contribution in [0.3, 0.4) is 0 Å². The van der Waals surface area contributed by atoms with Crippen LogP contribution in [0.1, 0.15) is 226 Å². The number of piperidine rings is 2. The average Bonchev–Trinajstić information content (AvgIpc) is 3.11. The third-order valence-electron chi connectivity index (χ3n) is 13.7. The highest BCUT2D eigenvalue weighted by atomic mass is 16.7. The summed E-state index contributed by atoms with van der Waals surface area (Å²) in [4.78, 5) is 35.5. The van der Waals surface area contributed by atoms with Gasteiger partial charge in [-0.3, -0.25) is 9.68 Å². The van der Waals surface area contributed by atoms with Crippen molar-refractivity contribution in [2.24, 2.45) is 5.41 Å². The van der Waals surface area contributed by atoms with Crippen molar-refractivity contribution >= 4 is 17.8 Å². The Kier molecular flexibility index (Phi) is 15.8. The van der Waals surface area contributed by atoms with Gasteiger partial charge in [-0.25, -0.2) is 0 Å². The third-order valence-corrected chi connectivity index (χ3v) is 13.7. The molecule has 0 amide bonds. The molecule has 5 rings (SSSR count). The lowest BCUT2D eigenvalue weighted by Gasteiger charge is -2.57. The average molecular weight is 825 g/mol. The maximum atomic E-state index is 6.97. The van der Waals surface area contributed by atoms with Gasteiger partial charge in [-0.1, -0.05) is 86.0 Å². The van der Waals surface area contributed by atoms with E-state index in [-0.39, 0.29) is 45.2 Å². The van der Waals surface area contributed by atoms with E-state index in [0.717, 1.165) is 82.8 Å². The van der Waals surface area contributed by atoms with Gasteiger partial charge in [0, 0.05) is 52.9 Å². The van der Waals surface area contributed by atoms with Crippen LogP contribution in [-0.2, 0) is 9.68 Å². The van der Waals surface area contributed by atoms with Crippen LogP contribution in [0.4, 0.5) is 17.8 Å². The Balaban J connectivity index is 1.55. The zero-order valence-corrected chi connectivity index (χ0v) is 41.1. The van der Waals surface area contributed by atoms with Crippen molar-refractivity contribution in [2.75, 3.05) is 28.2 Å². The number of hydrogen-bond acceptors (Lipinski definition) is 10. The summed E-state index contributed by atoms with van der Waals surface area (Å²) < 4.78 is 0. The maximum absolute atomic E-state index is 6.97. The largest absolute Gasteiger partial charge is 0.349 e. The topological polar surface area (TPSA) is 82.1 Å². The molecule has 10 nitrogen and oxygen atoms in total. The molecular formula is C49H92N8O2. The van der Waals surface area contributed by atoms with Crippen molar-refractivity contribution in [3.05, 3.63) is 0 Å². The van der Waals surface area contributed by atoms with E-state index in [2.05, 4.69) is 129 Å². The van der Waals surface area contributed by atoms with Gasteiger partial charge < -0.3 is 15.1 Å². The zero-order valence-electron chi connectivity index (χ0n) is 41.1. The predicted molar refractivity (Wildman–Crippen MR) is 248 cm³/mol. The summed E-state index contributed by atoms with van der Waals surface area (Å²) in [6, 6.07) is 0.510. The van der Waals surface area contributed by atoms with Crippen LogP contribution in [-0.4, -0.2) is 90.2 Å². The van der Waals surface area contributed by atoms with E-state index < -0.39 is 0 Å². The normalized spacial score (nSPS) is 24.0. The van der Waals surface area contributed by atoms with Gasteiger partial charge in [0.1, 0.15) is 0 Å². The fraction of sp³-hybridized carbons (Fsp3) is 0.939. The molecule has 340 valence electrons. The Bertz CT molecular complexity index is 1330. The summed E-state index contributed by atoms with van der Waals surface area (Å²) in [6.07, 6.45) is 22.4. The van der Waals surface area contributed by atoms with Crippen LogP contribution in [0.25, 0.3) is 0 Å². The molecule has 0 atom stereocenters. The standard InChI is InChI=1S/C49H92N8O2/c1-16-18-30-54(37-32-46(8,9)56(47(10,11)33-37)58-39-26-22-20-23-27-39)42-50-41(53-45(6,7)36-44(3,4)5)51-43(52-42)55(31-19-17-2)38-34-48(12,13)57(49(14,15)35-38)59-40-28-24-21-25-29-40/h37-40H,16-36H2,1-15H3,(H,50,51,52,53). The molecule has 2 aliphatic heterocycles. The summed E-state index contributed by atoms with van der Waals surface area (Å²) >= 11 is 0. The molecule has 2 saturated carbocycles. The maximum Gasteiger partial charge on any atom is 0.232 e. The number of hydroxylamine groups is 4. The molecule has 2 saturated heterocycles. The third kappa shape index (κ3) is 12.9. The van der Waals surface area contributed by atoms with Crippen molar-refractivity contribution in [3.8, 4) is 0 Å². The van der Waals surface area contributed by atoms with Crippen molar-refractivity contribution in [2.45, 2.75) is 278 Å². The van der Waals surface area contributed by atoms with Gasteiger partial charge in [0.15, 0.2) is 0 Å². The highest BCUT2D eigenvalue weighted by Gasteiger charge is 2.51. The zero-order chi connectivity index (χ0) is 43.4. The van der Waals surface area contributed by atoms with E-state index in [0.29, 0.717) is 18.2 Å². The number of anilines is 3. The van der Waals surface area contributed by atoms with E-state index in [4.69, 9.17) is 24.6 Å². The summed E-state index contributed by atoms with van der Waals surface area (Å²) in [7, 11) is 0. The first-order valence-electron chi connectivity index (χ1n) is 24.5. The molecule has 4 fully saturated rings. The molecule has 0 radical (unpaired) electrons. The van der Waals surface area contributed by atoms with Gasteiger partial charge in [-0.05, 0) is 145 Å². The van der Waals surface area contributed by atoms with E-state index in [9.17, 15) is 0 Å². The fourth-order valence-corrected chi connectivity index (χ4v) is 12.0. The number of hydrogen-bond donors (Lipinski definition) is 1. The summed E-state index contributed by atoms with van der Waals surface area (Å²) in [5, 5.41) is 8.67. The highest BCUT2D eigenvalue weighted by Crippen LogP contribution is 2.45. The van der Waals surface area contributed by atoms with Crippen molar-refractivity contribution in [1.82, 2.24) is 25.1 Å². The van der Waals surface area contributed by atoms with E-state index in [1.165, 1.54) is 64.2 Å². The second-order valence-corrected chi connectivity index (χ2v) is 23.8. The van der Waals surface area contributed by atoms with Crippen LogP contribution >= 0.6 is 0 Å². The fourth-order valence-electron chi connectivity index (χ4n) is 12.0. The summed E-state index contributed by atoms with van der Waals surface area (Å²) in [5.41, 5.74) is -0.689. The molecular weight excluding hydrogens is 733 g/mol. The SMILES string of the molecule is CCCCN(c1nc(NC(C)(C)CC(C)(C)C)nc(N(CCCC)C2CC(C)(C)N(OC3CCCCC3)C(C)(C)C2)n1)C1CC(C)(C)N(OC2CCCCC2)C(C)(C)C1. The molecule has 0 bridgehead atoms. The molecule has 10 heteroatoms. The Morgan fingerprint density at radius 2 is 0.932 bits per heavy atom. The minimum absolute atomic E-state index is 0.144. The first-order chi connectivity index (χ1) is 27.5. The number of unbranched alkanes of at least 4 members (excludes halogenated alkanes) is 2. The van der Waals surface area contributed by atoms with Crippen LogP contribution in [0, 0.1) is 5.41 Å². The lowest BCUT2D eigenvalue weighted by Crippen LogP contribution is -2.65. The van der Waals surface area contributed by atoms with Crippen LogP contribution in [0.5, 0.6) is 0 Å². The van der Waals surface area contributed by atoms with Crippen LogP contribution < -0.4 is 15.1 Å². The molecule has 0 spiro atoms. The predicted octanol–water partition coefficient (Wildman–Crippen LogP) is 12.3. The van der Waals surface area contributed by atoms with Gasteiger partial charge in [0.25, 0.3) is 0 Å². The Morgan fingerprint density at radius 3 is 1.25 bits per heavy atom. The van der Waals surface area contributed by atoms with E-state index in [1.54, 1.807) is 0 Å². The van der Waals surface area contributed by atoms with E-state index >= 15 is 0 Å². The van der Waals surface area contributed by atoms with Gasteiger partial charge in [-0.15, -0.1) is 0 Å². The van der Waals surface area contributed by atoms with Gasteiger partial charge in [0.05, 0.1) is 12.2 Å². The quantitative estimate of drug-likeness (QED) is 0.164. The molecule has 1 aromatic heterocycles. The van der Waals surface area contributed by atoms with Crippen molar-refractivity contribution in [1.29, 1.82) is 0 Å². The van der Waals surface area contributed by atoms with Gasteiger partial charge in [-0.2, -0.15) is 25.1 Å². The lowest BCUT2D eigenvalue weighted by molar-refractivity contribution is -0.310. The minimum Gasteiger partial charge on any atom is -0.349 e. The molecule has 2 aliphatic carbocycles. The highest BCUT2D eigenvalue weighted by molar-refractivity contribution is 5.48. The first-order valence-corrected chi connectivity index (χ1v) is 24.5. The Labute approximate surface area is 363 Å². The molecule has 1 aromatic rings. The molecule has 0 aromatic carbocycles. The van der Waals surface area contributed by atoms with Gasteiger partial charge in [0.2, 0.25) is 17.8 Å². The number of nitrogens with zero attached hydrogens (tertiary/aromatic N) is 7. The Hall–Kier alpha value is -1.75. The molecule has 3 heterocycles. The summed E-state index contributed by atoms with van der Waals surface area (Å²) in [5.74, 6) is 2.32. The second kappa shape index (κ2) is 19.3. The van der Waals surface area contributed by atoms with Crippen molar-refractivity contribution in [3.63, 3.8) is 0 Å². The van der Waals surface area contributed by atoms with E-state index in [1.807, 2.05) is 0 Å². The second-order valence-electron chi connectivity index (χ2n) is 23.8. The molecule has 4 aliphatic rings. The summed E-state index contributed by atoms with van der Waals surface area (Å²) in [6.45, 7) is 37.1. The minimum atomic E-state index is -0.214. The lowest BCUT2D eigenvalue weighted by atomic mass is 9.78. The van der Waals surface area contributed by atoms with Crippen LogP contribution in [0.2, 0.25) is 0 Å². The Morgan fingerprint density at radius 1 is 0.576 bits per heavy atom. The molecule has 0 unspecified atom stereocenters. The van der Waals surface area contributed by atoms with Crippen molar-refractivity contribution < 1.29 is 9.68 Å². The van der Waals surface area contributed by atoms with Crippen LogP contribution in [0.15, 0.2) is 0 Å². The molecule has 1 N–H and O–H groups in total. The number of rotatable bonds is 17. The molecule has 59 heavy (non-hydrogen) atoms. The smallest absolute Gasteiger partial charge is 0.232 e. The number of aromatic nitrogens is 3. The first kappa shape index (κ1) is 48.3. The monoisotopic (exact) mass is 825 g/mol. The van der Waals surface area contributed by atoms with Gasteiger partial charge >= 0.3 is 0 Å².